The molecule has 102 valence electrons. The molecular formula is C14H16INO3. The van der Waals surface area contributed by atoms with Crippen LogP contribution in [0, 0.1) is 0 Å². The Bertz CT molecular complexity index is 606. The van der Waals surface area contributed by atoms with Gasteiger partial charge in [-0.2, -0.15) is 0 Å². The van der Waals surface area contributed by atoms with E-state index in [0.29, 0.717) is 11.3 Å². The lowest BCUT2D eigenvalue weighted by Crippen LogP contribution is -2.23. The molecule has 0 bridgehead atoms. The van der Waals surface area contributed by atoms with Crippen LogP contribution < -0.4 is 8.27 Å². The predicted octanol–water partition coefficient (Wildman–Crippen LogP) is 3.31. The van der Waals surface area contributed by atoms with Gasteiger partial charge in [-0.3, -0.25) is 8.32 Å². The van der Waals surface area contributed by atoms with Crippen molar-refractivity contribution in [3.8, 4) is 5.75 Å². The van der Waals surface area contributed by atoms with Gasteiger partial charge in [0.25, 0.3) is 0 Å². The number of carbonyl (C=O) groups excluding carboxylic acids is 1. The van der Waals surface area contributed by atoms with Crippen molar-refractivity contribution >= 4 is 42.3 Å². The number of ether oxygens (including phenoxy) is 1. The van der Waals surface area contributed by atoms with E-state index in [1.165, 1.54) is 6.92 Å². The van der Waals surface area contributed by atoms with Crippen LogP contribution in [0.2, 0.25) is 0 Å². The fraction of sp³-hybridized carbons (Fsp3) is 0.286. The minimum absolute atomic E-state index is 0.0705. The molecule has 0 aliphatic carbocycles. The molecule has 0 radical (unpaired) electrons. The molecule has 19 heavy (non-hydrogen) atoms. The second-order valence-corrected chi connectivity index (χ2v) is 5.79. The molecule has 1 heterocycles. The molecule has 0 fully saturated rings. The zero-order valence-corrected chi connectivity index (χ0v) is 13.1. The molecule has 0 unspecified atom stereocenters. The number of ketones is 1. The van der Waals surface area contributed by atoms with Crippen molar-refractivity contribution < 1.29 is 13.9 Å². The molecule has 2 rings (SSSR count). The van der Waals surface area contributed by atoms with Gasteiger partial charge in [0.15, 0.2) is 11.5 Å². The van der Waals surface area contributed by atoms with Crippen LogP contribution in [0.15, 0.2) is 28.7 Å². The van der Waals surface area contributed by atoms with E-state index in [1.807, 2.05) is 25.1 Å². The Morgan fingerprint density at radius 1 is 1.53 bits per heavy atom. The number of benzene rings is 1. The van der Waals surface area contributed by atoms with Crippen molar-refractivity contribution in [3.05, 3.63) is 30.0 Å². The Labute approximate surface area is 122 Å². The van der Waals surface area contributed by atoms with Crippen LogP contribution in [0.5, 0.6) is 5.75 Å². The zero-order valence-electron chi connectivity index (χ0n) is 10.9. The summed E-state index contributed by atoms with van der Waals surface area (Å²) in [5.41, 5.74) is 0.674. The monoisotopic (exact) mass is 373 g/mol. The molecule has 1 aromatic carbocycles. The highest BCUT2D eigenvalue weighted by molar-refractivity contribution is 14.2. The first-order chi connectivity index (χ1) is 9.10. The van der Waals surface area contributed by atoms with Crippen molar-refractivity contribution in [1.82, 2.24) is 3.53 Å². The molecule has 0 saturated carbocycles. The standard InChI is InChI=1S/C14H16INO3/c1-9(8-16-15-3)18-12-5-4-11-6-13(10(2)17)19-14(11)7-12/h4-7,9,16H,3,8H2,1-2H3/t9-/m1/s1. The third-order valence-electron chi connectivity index (χ3n) is 2.63. The number of carbonyl (C=O) groups is 1. The van der Waals surface area contributed by atoms with E-state index in [2.05, 4.69) is 8.04 Å². The van der Waals surface area contributed by atoms with E-state index in [-0.39, 0.29) is 32.9 Å². The van der Waals surface area contributed by atoms with Crippen LogP contribution in [0.25, 0.3) is 11.0 Å². The second-order valence-electron chi connectivity index (χ2n) is 4.27. The fourth-order valence-corrected chi connectivity index (χ4v) is 2.63. The molecule has 0 saturated heterocycles. The summed E-state index contributed by atoms with van der Waals surface area (Å²) >= 11 is -0.171. The molecule has 0 aliphatic heterocycles. The van der Waals surface area contributed by atoms with Gasteiger partial charge < -0.3 is 9.15 Å². The highest BCUT2D eigenvalue weighted by atomic mass is 127. The largest absolute Gasteiger partial charge is 0.489 e. The fourth-order valence-electron chi connectivity index (χ4n) is 1.70. The number of hydrogen-bond acceptors (Lipinski definition) is 4. The molecule has 1 atom stereocenters. The summed E-state index contributed by atoms with van der Waals surface area (Å²) in [7, 11) is 0. The van der Waals surface area contributed by atoms with Gasteiger partial charge in [-0.05, 0) is 46.1 Å². The van der Waals surface area contributed by atoms with E-state index in [1.54, 1.807) is 6.07 Å². The lowest BCUT2D eigenvalue weighted by atomic mass is 10.2. The molecule has 0 aliphatic rings. The van der Waals surface area contributed by atoms with Crippen molar-refractivity contribution in [2.24, 2.45) is 0 Å². The van der Waals surface area contributed by atoms with Crippen LogP contribution in [0.3, 0.4) is 0 Å². The van der Waals surface area contributed by atoms with Gasteiger partial charge in [0.05, 0.1) is 0 Å². The Hall–Kier alpha value is -1.21. The molecule has 1 aromatic heterocycles. The first-order valence-electron chi connectivity index (χ1n) is 5.91. The predicted molar refractivity (Wildman–Crippen MR) is 85.5 cm³/mol. The number of Topliss-reactive ketones (excluding diaryl/α,β-unsaturated/α-hetero) is 1. The number of nitrogens with one attached hydrogen (secondary N) is 1. The van der Waals surface area contributed by atoms with Crippen LogP contribution in [-0.4, -0.2) is 22.9 Å². The average molecular weight is 373 g/mol. The number of rotatable bonds is 6. The van der Waals surface area contributed by atoms with E-state index in [9.17, 15) is 4.79 Å². The molecule has 4 nitrogen and oxygen atoms in total. The molecule has 1 N–H and O–H groups in total. The highest BCUT2D eigenvalue weighted by Crippen LogP contribution is 2.25. The van der Waals surface area contributed by atoms with E-state index >= 15 is 0 Å². The van der Waals surface area contributed by atoms with E-state index in [4.69, 9.17) is 9.15 Å². The Morgan fingerprint density at radius 2 is 2.32 bits per heavy atom. The summed E-state index contributed by atoms with van der Waals surface area (Å²) in [6.07, 6.45) is 0.0705. The maximum absolute atomic E-state index is 11.3. The average Bonchev–Trinajstić information content (AvgIpc) is 2.79. The minimum atomic E-state index is -0.171. The lowest BCUT2D eigenvalue weighted by Gasteiger charge is -2.13. The normalized spacial score (nSPS) is 12.5. The summed E-state index contributed by atoms with van der Waals surface area (Å²) in [6, 6.07) is 7.35. The summed E-state index contributed by atoms with van der Waals surface area (Å²) in [6.45, 7) is 4.27. The van der Waals surface area contributed by atoms with Gasteiger partial charge in [0.2, 0.25) is 0 Å². The molecular weight excluding hydrogens is 357 g/mol. The first kappa shape index (κ1) is 14.2. The number of hydrogen-bond donors (Lipinski definition) is 1. The van der Waals surface area contributed by atoms with Crippen molar-refractivity contribution in [3.63, 3.8) is 0 Å². The number of halogens is 1. The van der Waals surface area contributed by atoms with Crippen LogP contribution in [-0.2, 0) is 0 Å². The minimum Gasteiger partial charge on any atom is -0.489 e. The summed E-state index contributed by atoms with van der Waals surface area (Å²) < 4.78 is 18.3. The molecule has 0 amide bonds. The van der Waals surface area contributed by atoms with Gasteiger partial charge in [-0.1, -0.05) is 4.51 Å². The highest BCUT2D eigenvalue weighted by Gasteiger charge is 2.09. The van der Waals surface area contributed by atoms with Crippen molar-refractivity contribution in [1.29, 1.82) is 0 Å². The number of fused-ring (bicyclic) bond motifs is 1. The van der Waals surface area contributed by atoms with Gasteiger partial charge in [-0.15, -0.1) is 0 Å². The van der Waals surface area contributed by atoms with Crippen LogP contribution in [0.1, 0.15) is 24.4 Å². The smallest absolute Gasteiger partial charge is 0.194 e. The summed E-state index contributed by atoms with van der Waals surface area (Å²) in [5, 5.41) is 0.909. The van der Waals surface area contributed by atoms with E-state index in [0.717, 1.165) is 17.7 Å². The van der Waals surface area contributed by atoms with Crippen LogP contribution >= 0.6 is 21.0 Å². The molecule has 5 heteroatoms. The summed E-state index contributed by atoms with van der Waals surface area (Å²) in [4.78, 5) is 11.3. The molecule has 2 aromatic rings. The molecule has 0 spiro atoms. The maximum atomic E-state index is 11.3. The quantitative estimate of drug-likeness (QED) is 0.480. The lowest BCUT2D eigenvalue weighted by molar-refractivity contribution is 0.0989. The van der Waals surface area contributed by atoms with Crippen molar-refractivity contribution in [2.75, 3.05) is 6.54 Å². The van der Waals surface area contributed by atoms with Crippen molar-refractivity contribution in [2.45, 2.75) is 20.0 Å². The summed E-state index contributed by atoms with van der Waals surface area (Å²) in [5.74, 6) is 1.05. The zero-order chi connectivity index (χ0) is 13.8. The first-order valence-corrected chi connectivity index (χ1v) is 8.52. The van der Waals surface area contributed by atoms with Gasteiger partial charge in [0.1, 0.15) is 17.4 Å². The van der Waals surface area contributed by atoms with Gasteiger partial charge in [-0.25, -0.2) is 0 Å². The van der Waals surface area contributed by atoms with Gasteiger partial charge in [0, 0.05) is 24.9 Å². The van der Waals surface area contributed by atoms with Gasteiger partial charge >= 0.3 is 0 Å². The Kier molecular flexibility index (Phi) is 4.71. The van der Waals surface area contributed by atoms with E-state index < -0.39 is 0 Å². The third-order valence-corrected chi connectivity index (χ3v) is 3.61. The SMILES string of the molecule is C=INC[C@@H](C)Oc1ccc2cc(C(C)=O)oc2c1. The third kappa shape index (κ3) is 3.63. The topological polar surface area (TPSA) is 51.5 Å². The Morgan fingerprint density at radius 3 is 3.00 bits per heavy atom. The van der Waals surface area contributed by atoms with Crippen LogP contribution in [0.4, 0.5) is 0 Å². The maximum Gasteiger partial charge on any atom is 0.194 e. The number of furan rings is 1. The Balaban J connectivity index is 2.16. The second kappa shape index (κ2) is 6.29.